The van der Waals surface area contributed by atoms with Gasteiger partial charge in [0.1, 0.15) is 18.0 Å². The highest BCUT2D eigenvalue weighted by Gasteiger charge is 2.14. The summed E-state index contributed by atoms with van der Waals surface area (Å²) in [6.45, 7) is 0.773. The number of aromatic nitrogens is 3. The number of amides is 1. The molecule has 1 amide bonds. The van der Waals surface area contributed by atoms with Crippen LogP contribution in [0.25, 0.3) is 11.3 Å². The summed E-state index contributed by atoms with van der Waals surface area (Å²) < 4.78 is 11.4. The molecule has 2 heterocycles. The summed E-state index contributed by atoms with van der Waals surface area (Å²) in [6, 6.07) is 12.8. The zero-order chi connectivity index (χ0) is 18.4. The van der Waals surface area contributed by atoms with Crippen molar-refractivity contribution >= 4 is 27.5 Å². The van der Waals surface area contributed by atoms with Crippen molar-refractivity contribution in [1.29, 1.82) is 0 Å². The SMILES string of the molecule is COCCOc1ncccc1NC(=O)c1cc(-c2ccc(Br)cc2)n[nH]1. The maximum atomic E-state index is 12.5. The lowest BCUT2D eigenvalue weighted by Gasteiger charge is -2.10. The van der Waals surface area contributed by atoms with Gasteiger partial charge < -0.3 is 14.8 Å². The summed E-state index contributed by atoms with van der Waals surface area (Å²) in [6.07, 6.45) is 1.60. The number of ether oxygens (including phenoxy) is 2. The molecule has 3 aromatic rings. The number of methoxy groups -OCH3 is 1. The van der Waals surface area contributed by atoms with Gasteiger partial charge in [-0.1, -0.05) is 28.1 Å². The fraction of sp³-hybridized carbons (Fsp3) is 0.167. The molecule has 0 atom stereocenters. The van der Waals surface area contributed by atoms with E-state index in [1.807, 2.05) is 24.3 Å². The number of halogens is 1. The smallest absolute Gasteiger partial charge is 0.273 e. The largest absolute Gasteiger partial charge is 0.474 e. The second kappa shape index (κ2) is 8.59. The van der Waals surface area contributed by atoms with Gasteiger partial charge in [-0.15, -0.1) is 0 Å². The third-order valence-electron chi connectivity index (χ3n) is 3.51. The van der Waals surface area contributed by atoms with Gasteiger partial charge in [0.15, 0.2) is 0 Å². The number of benzene rings is 1. The number of pyridine rings is 1. The Kier molecular flexibility index (Phi) is 5.98. The van der Waals surface area contributed by atoms with Gasteiger partial charge in [-0.3, -0.25) is 9.89 Å². The van der Waals surface area contributed by atoms with Gasteiger partial charge in [-0.2, -0.15) is 5.10 Å². The Bertz CT molecular complexity index is 880. The minimum absolute atomic E-state index is 0.328. The topological polar surface area (TPSA) is 89.1 Å². The quantitative estimate of drug-likeness (QED) is 0.575. The molecule has 0 fully saturated rings. The number of aromatic amines is 1. The highest BCUT2D eigenvalue weighted by molar-refractivity contribution is 9.10. The number of carbonyl (C=O) groups excluding carboxylic acids is 1. The number of hydrogen-bond donors (Lipinski definition) is 2. The lowest BCUT2D eigenvalue weighted by Crippen LogP contribution is -2.14. The molecule has 0 spiro atoms. The van der Waals surface area contributed by atoms with Crippen LogP contribution in [-0.4, -0.2) is 41.4 Å². The van der Waals surface area contributed by atoms with Crippen LogP contribution >= 0.6 is 15.9 Å². The molecule has 2 aromatic heterocycles. The van der Waals surface area contributed by atoms with E-state index in [2.05, 4.69) is 36.4 Å². The molecule has 0 unspecified atom stereocenters. The van der Waals surface area contributed by atoms with Gasteiger partial charge in [0.05, 0.1) is 12.3 Å². The molecular weight excluding hydrogens is 400 g/mol. The van der Waals surface area contributed by atoms with E-state index >= 15 is 0 Å². The molecule has 26 heavy (non-hydrogen) atoms. The van der Waals surface area contributed by atoms with E-state index in [1.165, 1.54) is 0 Å². The molecule has 2 N–H and O–H groups in total. The molecule has 134 valence electrons. The predicted molar refractivity (Wildman–Crippen MR) is 101 cm³/mol. The van der Waals surface area contributed by atoms with Gasteiger partial charge in [0, 0.05) is 23.3 Å². The summed E-state index contributed by atoms with van der Waals surface area (Å²) in [5.41, 5.74) is 2.42. The standard InChI is InChI=1S/C18H17BrN4O3/c1-25-9-10-26-18-14(3-2-8-20-18)21-17(24)16-11-15(22-23-16)12-4-6-13(19)7-5-12/h2-8,11H,9-10H2,1H3,(H,21,24)(H,22,23). The highest BCUT2D eigenvalue weighted by Crippen LogP contribution is 2.23. The van der Waals surface area contributed by atoms with Crippen LogP contribution in [0.2, 0.25) is 0 Å². The van der Waals surface area contributed by atoms with Crippen LogP contribution in [0.15, 0.2) is 53.1 Å². The Hall–Kier alpha value is -2.71. The van der Waals surface area contributed by atoms with E-state index in [0.29, 0.717) is 36.2 Å². The van der Waals surface area contributed by atoms with Crippen LogP contribution in [-0.2, 0) is 4.74 Å². The molecule has 0 saturated heterocycles. The van der Waals surface area contributed by atoms with E-state index in [0.717, 1.165) is 10.0 Å². The minimum atomic E-state index is -0.328. The molecule has 0 aliphatic heterocycles. The fourth-order valence-corrected chi connectivity index (χ4v) is 2.48. The van der Waals surface area contributed by atoms with Crippen LogP contribution in [0.5, 0.6) is 5.88 Å². The van der Waals surface area contributed by atoms with Gasteiger partial charge in [-0.25, -0.2) is 4.98 Å². The van der Waals surface area contributed by atoms with E-state index in [1.54, 1.807) is 31.5 Å². The summed E-state index contributed by atoms with van der Waals surface area (Å²) in [5.74, 6) is 0.0102. The Balaban J connectivity index is 1.72. The Morgan fingerprint density at radius 2 is 2.04 bits per heavy atom. The van der Waals surface area contributed by atoms with E-state index < -0.39 is 0 Å². The lowest BCUT2D eigenvalue weighted by atomic mass is 10.1. The first kappa shape index (κ1) is 18.1. The Morgan fingerprint density at radius 1 is 1.23 bits per heavy atom. The highest BCUT2D eigenvalue weighted by atomic mass is 79.9. The number of rotatable bonds is 7. The zero-order valence-electron chi connectivity index (χ0n) is 14.0. The molecule has 0 saturated carbocycles. The van der Waals surface area contributed by atoms with Gasteiger partial charge in [0.2, 0.25) is 5.88 Å². The number of anilines is 1. The summed E-state index contributed by atoms with van der Waals surface area (Å²) in [5, 5.41) is 9.73. The maximum absolute atomic E-state index is 12.5. The third kappa shape index (κ3) is 4.47. The van der Waals surface area contributed by atoms with Crippen molar-refractivity contribution < 1.29 is 14.3 Å². The van der Waals surface area contributed by atoms with Crippen LogP contribution < -0.4 is 10.1 Å². The second-order valence-electron chi connectivity index (χ2n) is 5.33. The molecule has 0 radical (unpaired) electrons. The lowest BCUT2D eigenvalue weighted by molar-refractivity contribution is 0.102. The Morgan fingerprint density at radius 3 is 2.81 bits per heavy atom. The van der Waals surface area contributed by atoms with E-state index in [-0.39, 0.29) is 5.91 Å². The molecule has 1 aromatic carbocycles. The average Bonchev–Trinajstić information content (AvgIpc) is 3.14. The fourth-order valence-electron chi connectivity index (χ4n) is 2.22. The van der Waals surface area contributed by atoms with E-state index in [4.69, 9.17) is 9.47 Å². The second-order valence-corrected chi connectivity index (χ2v) is 6.24. The normalized spacial score (nSPS) is 10.5. The van der Waals surface area contributed by atoms with Crippen molar-refractivity contribution in [2.75, 3.05) is 25.6 Å². The Labute approximate surface area is 158 Å². The van der Waals surface area contributed by atoms with Crippen molar-refractivity contribution in [3.63, 3.8) is 0 Å². The molecule has 3 rings (SSSR count). The van der Waals surface area contributed by atoms with Crippen LogP contribution in [0, 0.1) is 0 Å². The first-order valence-electron chi connectivity index (χ1n) is 7.87. The molecular formula is C18H17BrN4O3. The molecule has 7 nitrogen and oxygen atoms in total. The van der Waals surface area contributed by atoms with Crippen molar-refractivity contribution in [3.8, 4) is 17.1 Å². The number of H-pyrrole nitrogens is 1. The molecule has 0 aliphatic carbocycles. The number of hydrogen-bond acceptors (Lipinski definition) is 5. The first-order valence-corrected chi connectivity index (χ1v) is 8.66. The zero-order valence-corrected chi connectivity index (χ0v) is 15.6. The van der Waals surface area contributed by atoms with Crippen molar-refractivity contribution in [1.82, 2.24) is 15.2 Å². The van der Waals surface area contributed by atoms with Gasteiger partial charge >= 0.3 is 0 Å². The molecule has 0 aliphatic rings. The average molecular weight is 417 g/mol. The van der Waals surface area contributed by atoms with Crippen molar-refractivity contribution in [3.05, 3.63) is 58.8 Å². The third-order valence-corrected chi connectivity index (χ3v) is 4.04. The van der Waals surface area contributed by atoms with E-state index in [9.17, 15) is 4.79 Å². The monoisotopic (exact) mass is 416 g/mol. The number of nitrogens with one attached hydrogen (secondary N) is 2. The summed E-state index contributed by atoms with van der Waals surface area (Å²) in [4.78, 5) is 16.6. The number of nitrogens with zero attached hydrogens (tertiary/aromatic N) is 2. The van der Waals surface area contributed by atoms with Crippen LogP contribution in [0.1, 0.15) is 10.5 Å². The van der Waals surface area contributed by atoms with Crippen molar-refractivity contribution in [2.45, 2.75) is 0 Å². The van der Waals surface area contributed by atoms with Crippen LogP contribution in [0.4, 0.5) is 5.69 Å². The predicted octanol–water partition coefficient (Wildman–Crippen LogP) is 3.51. The summed E-state index contributed by atoms with van der Waals surface area (Å²) in [7, 11) is 1.59. The van der Waals surface area contributed by atoms with Gasteiger partial charge in [0.25, 0.3) is 5.91 Å². The molecule has 8 heteroatoms. The minimum Gasteiger partial charge on any atom is -0.474 e. The first-order chi connectivity index (χ1) is 12.7. The summed E-state index contributed by atoms with van der Waals surface area (Å²) >= 11 is 3.39. The van der Waals surface area contributed by atoms with Gasteiger partial charge in [-0.05, 0) is 30.3 Å². The van der Waals surface area contributed by atoms with Crippen LogP contribution in [0.3, 0.4) is 0 Å². The van der Waals surface area contributed by atoms with Crippen molar-refractivity contribution in [2.24, 2.45) is 0 Å². The maximum Gasteiger partial charge on any atom is 0.273 e. The number of carbonyl (C=O) groups is 1. The molecule has 0 bridgehead atoms.